The molecule has 0 atom stereocenters. The van der Waals surface area contributed by atoms with Gasteiger partial charge >= 0.3 is 0 Å². The summed E-state index contributed by atoms with van der Waals surface area (Å²) in [5, 5.41) is 0. The predicted molar refractivity (Wildman–Crippen MR) is 79.2 cm³/mol. The Labute approximate surface area is 120 Å². The van der Waals surface area contributed by atoms with Gasteiger partial charge in [0.25, 0.3) is 0 Å². The minimum absolute atomic E-state index is 0.259. The van der Waals surface area contributed by atoms with E-state index in [0.29, 0.717) is 19.0 Å². The Hall–Kier alpha value is -1.36. The van der Waals surface area contributed by atoms with Gasteiger partial charge in [-0.1, -0.05) is 30.3 Å². The van der Waals surface area contributed by atoms with E-state index in [1.54, 1.807) is 4.90 Å². The maximum absolute atomic E-state index is 11.8. The molecule has 0 aromatic heterocycles. The van der Waals surface area contributed by atoms with Crippen LogP contribution in [0.25, 0.3) is 0 Å². The van der Waals surface area contributed by atoms with E-state index in [1.807, 2.05) is 18.2 Å². The summed E-state index contributed by atoms with van der Waals surface area (Å²) in [5.41, 5.74) is 1.33. The summed E-state index contributed by atoms with van der Waals surface area (Å²) in [7, 11) is -3.23. The zero-order valence-electron chi connectivity index (χ0n) is 11.8. The second-order valence-electron chi connectivity index (χ2n) is 5.58. The Morgan fingerprint density at radius 2 is 1.80 bits per heavy atom. The zero-order chi connectivity index (χ0) is 14.6. The van der Waals surface area contributed by atoms with Gasteiger partial charge in [-0.2, -0.15) is 0 Å². The summed E-state index contributed by atoms with van der Waals surface area (Å²) in [6.45, 7) is 1.34. The van der Waals surface area contributed by atoms with Crippen LogP contribution in [-0.2, 0) is 21.1 Å². The molecule has 1 saturated heterocycles. The molecule has 0 bridgehead atoms. The highest BCUT2D eigenvalue weighted by molar-refractivity contribution is 7.91. The van der Waals surface area contributed by atoms with E-state index in [-0.39, 0.29) is 11.7 Å². The van der Waals surface area contributed by atoms with Crippen LogP contribution in [0.4, 0.5) is 0 Å². The van der Waals surface area contributed by atoms with Crippen LogP contribution in [0, 0.1) is 5.92 Å². The monoisotopic (exact) mass is 295 g/mol. The molecule has 1 aliphatic rings. The van der Waals surface area contributed by atoms with Crippen molar-refractivity contribution in [1.82, 2.24) is 4.90 Å². The van der Waals surface area contributed by atoms with Crippen LogP contribution < -0.4 is 0 Å². The number of hydrogen-bond acceptors (Lipinski definition) is 3. The first-order chi connectivity index (χ1) is 9.44. The van der Waals surface area contributed by atoms with Crippen molar-refractivity contribution in [1.29, 1.82) is 0 Å². The van der Waals surface area contributed by atoms with Crippen molar-refractivity contribution in [3.63, 3.8) is 0 Å². The van der Waals surface area contributed by atoms with E-state index in [0.717, 1.165) is 25.5 Å². The molecule has 0 N–H and O–H groups in total. The van der Waals surface area contributed by atoms with Crippen LogP contribution in [-0.4, -0.2) is 44.3 Å². The number of rotatable bonds is 4. The fourth-order valence-corrected chi connectivity index (χ4v) is 3.28. The number of piperidine rings is 1. The van der Waals surface area contributed by atoms with Crippen molar-refractivity contribution in [2.45, 2.75) is 19.3 Å². The Morgan fingerprint density at radius 1 is 1.20 bits per heavy atom. The number of hydrogen-bond donors (Lipinski definition) is 0. The summed E-state index contributed by atoms with van der Waals surface area (Å²) in [6, 6.07) is 10.3. The Bertz CT molecular complexity index is 546. The highest BCUT2D eigenvalue weighted by Gasteiger charge is 2.24. The van der Waals surface area contributed by atoms with Gasteiger partial charge in [-0.05, 0) is 30.7 Å². The molecule has 0 spiro atoms. The van der Waals surface area contributed by atoms with Gasteiger partial charge in [-0.15, -0.1) is 0 Å². The van der Waals surface area contributed by atoms with Crippen molar-refractivity contribution in [3.8, 4) is 0 Å². The third kappa shape index (κ3) is 4.63. The van der Waals surface area contributed by atoms with E-state index < -0.39 is 9.84 Å². The standard InChI is InChI=1S/C15H21NO3S/c1-20(18,19)12-15(17)16-9-7-14(8-10-16)11-13-5-3-2-4-6-13/h2-6,14H,7-12H2,1H3. The SMILES string of the molecule is CS(=O)(=O)CC(=O)N1CCC(Cc2ccccc2)CC1. The molecule has 0 unspecified atom stereocenters. The number of benzene rings is 1. The van der Waals surface area contributed by atoms with Gasteiger partial charge in [0.15, 0.2) is 9.84 Å². The van der Waals surface area contributed by atoms with Crippen LogP contribution in [0.15, 0.2) is 30.3 Å². The number of sulfone groups is 1. The third-order valence-corrected chi connectivity index (χ3v) is 4.49. The van der Waals surface area contributed by atoms with Crippen LogP contribution >= 0.6 is 0 Å². The highest BCUT2D eigenvalue weighted by Crippen LogP contribution is 2.21. The van der Waals surface area contributed by atoms with Crippen LogP contribution in [0.3, 0.4) is 0 Å². The molecule has 4 nitrogen and oxygen atoms in total. The van der Waals surface area contributed by atoms with Gasteiger partial charge < -0.3 is 4.90 Å². The second kappa shape index (κ2) is 6.39. The lowest BCUT2D eigenvalue weighted by Gasteiger charge is -2.32. The van der Waals surface area contributed by atoms with Crippen molar-refractivity contribution < 1.29 is 13.2 Å². The van der Waals surface area contributed by atoms with E-state index in [2.05, 4.69) is 12.1 Å². The van der Waals surface area contributed by atoms with E-state index in [9.17, 15) is 13.2 Å². The van der Waals surface area contributed by atoms with E-state index in [1.165, 1.54) is 5.56 Å². The summed E-state index contributed by atoms with van der Waals surface area (Å²) in [6.07, 6.45) is 4.04. The van der Waals surface area contributed by atoms with Crippen LogP contribution in [0.5, 0.6) is 0 Å². The first-order valence-corrected chi connectivity index (χ1v) is 8.99. The summed E-state index contributed by atoms with van der Waals surface area (Å²) < 4.78 is 22.3. The third-order valence-electron chi connectivity index (χ3n) is 3.72. The summed E-state index contributed by atoms with van der Waals surface area (Å²) in [4.78, 5) is 13.5. The average Bonchev–Trinajstić information content (AvgIpc) is 2.39. The van der Waals surface area contributed by atoms with E-state index in [4.69, 9.17) is 0 Å². The molecule has 1 aromatic carbocycles. The Kier molecular flexibility index (Phi) is 4.81. The summed E-state index contributed by atoms with van der Waals surface area (Å²) >= 11 is 0. The van der Waals surface area contributed by atoms with E-state index >= 15 is 0 Å². The number of likely N-dealkylation sites (tertiary alicyclic amines) is 1. The maximum atomic E-state index is 11.8. The van der Waals surface area contributed by atoms with Gasteiger partial charge in [0.2, 0.25) is 5.91 Å². The minimum atomic E-state index is -3.23. The van der Waals surface area contributed by atoms with Gasteiger partial charge in [-0.25, -0.2) is 8.42 Å². The normalized spacial score (nSPS) is 17.1. The van der Waals surface area contributed by atoms with Crippen molar-refractivity contribution in [2.24, 2.45) is 5.92 Å². The number of amides is 1. The number of carbonyl (C=O) groups excluding carboxylic acids is 1. The predicted octanol–water partition coefficient (Wildman–Crippen LogP) is 1.51. The molecule has 0 aliphatic carbocycles. The molecule has 1 amide bonds. The van der Waals surface area contributed by atoms with Crippen molar-refractivity contribution >= 4 is 15.7 Å². The highest BCUT2D eigenvalue weighted by atomic mass is 32.2. The van der Waals surface area contributed by atoms with Gasteiger partial charge in [0.1, 0.15) is 5.75 Å². The fraction of sp³-hybridized carbons (Fsp3) is 0.533. The molecule has 110 valence electrons. The first kappa shape index (κ1) is 15.0. The molecule has 2 rings (SSSR count). The Morgan fingerprint density at radius 3 is 2.35 bits per heavy atom. The lowest BCUT2D eigenvalue weighted by atomic mass is 9.90. The van der Waals surface area contributed by atoms with Crippen molar-refractivity contribution in [3.05, 3.63) is 35.9 Å². The Balaban J connectivity index is 1.82. The lowest BCUT2D eigenvalue weighted by Crippen LogP contribution is -2.41. The fourth-order valence-electron chi connectivity index (χ4n) is 2.65. The molecule has 1 fully saturated rings. The number of nitrogens with zero attached hydrogens (tertiary/aromatic N) is 1. The molecule has 20 heavy (non-hydrogen) atoms. The zero-order valence-corrected chi connectivity index (χ0v) is 12.6. The summed E-state index contributed by atoms with van der Waals surface area (Å²) in [5.74, 6) is -0.0403. The maximum Gasteiger partial charge on any atom is 0.237 e. The van der Waals surface area contributed by atoms with Gasteiger partial charge in [-0.3, -0.25) is 4.79 Å². The molecule has 0 radical (unpaired) electrons. The smallest absolute Gasteiger partial charge is 0.237 e. The van der Waals surface area contributed by atoms with Gasteiger partial charge in [0.05, 0.1) is 0 Å². The first-order valence-electron chi connectivity index (χ1n) is 6.93. The second-order valence-corrected chi connectivity index (χ2v) is 7.72. The quantitative estimate of drug-likeness (QED) is 0.846. The van der Waals surface area contributed by atoms with Crippen LogP contribution in [0.2, 0.25) is 0 Å². The minimum Gasteiger partial charge on any atom is -0.342 e. The molecule has 0 saturated carbocycles. The molecule has 1 aliphatic heterocycles. The molecular formula is C15H21NO3S. The topological polar surface area (TPSA) is 54.5 Å². The van der Waals surface area contributed by atoms with Gasteiger partial charge in [0, 0.05) is 19.3 Å². The molecule has 1 aromatic rings. The molecule has 5 heteroatoms. The molecular weight excluding hydrogens is 274 g/mol. The number of carbonyl (C=O) groups is 1. The average molecular weight is 295 g/mol. The molecule has 1 heterocycles. The van der Waals surface area contributed by atoms with Crippen molar-refractivity contribution in [2.75, 3.05) is 25.1 Å². The largest absolute Gasteiger partial charge is 0.342 e. The van der Waals surface area contributed by atoms with Crippen LogP contribution in [0.1, 0.15) is 18.4 Å². The lowest BCUT2D eigenvalue weighted by molar-refractivity contribution is -0.129.